The third kappa shape index (κ3) is 2.05. The molecule has 2 heterocycles. The number of aromatic amines is 1. The highest BCUT2D eigenvalue weighted by molar-refractivity contribution is 5.74. The first-order valence-corrected chi connectivity index (χ1v) is 5.85. The summed E-state index contributed by atoms with van der Waals surface area (Å²) in [5, 5.41) is 4.59. The lowest BCUT2D eigenvalue weighted by atomic mass is 10.2. The van der Waals surface area contributed by atoms with Crippen LogP contribution in [0.3, 0.4) is 0 Å². The average molecular weight is 270 g/mol. The topological polar surface area (TPSA) is 89.9 Å². The highest BCUT2D eigenvalue weighted by atomic mass is 16.5. The Balaban J connectivity index is 2.09. The van der Waals surface area contributed by atoms with Gasteiger partial charge in [-0.15, -0.1) is 0 Å². The van der Waals surface area contributed by atoms with Gasteiger partial charge < -0.3 is 9.72 Å². The zero-order valence-electron chi connectivity index (χ0n) is 10.3. The molecule has 3 rings (SSSR count). The van der Waals surface area contributed by atoms with Crippen LogP contribution in [0.4, 0.5) is 0 Å². The Morgan fingerprint density at radius 3 is 3.15 bits per heavy atom. The first-order valence-electron chi connectivity index (χ1n) is 5.85. The molecule has 0 aliphatic heterocycles. The fourth-order valence-electron chi connectivity index (χ4n) is 1.95. The maximum absolute atomic E-state index is 11.6. The number of H-pyrrole nitrogens is 1. The Bertz CT molecular complexity index is 822. The van der Waals surface area contributed by atoms with E-state index in [1.54, 1.807) is 4.68 Å². The molecule has 1 aromatic carbocycles. The molecule has 0 atom stereocenters. The number of hydrogen-bond donors (Lipinski definition) is 1. The number of benzene rings is 1. The molecule has 0 fully saturated rings. The van der Waals surface area contributed by atoms with Crippen molar-refractivity contribution in [2.75, 3.05) is 0 Å². The Kier molecular flexibility index (Phi) is 3.00. The predicted molar refractivity (Wildman–Crippen MR) is 70.3 cm³/mol. The van der Waals surface area contributed by atoms with Crippen molar-refractivity contribution in [2.24, 2.45) is 0 Å². The number of nitrogens with zero attached hydrogens (tertiary/aromatic N) is 3. The van der Waals surface area contributed by atoms with E-state index in [1.165, 1.54) is 12.5 Å². The van der Waals surface area contributed by atoms with Crippen LogP contribution in [-0.4, -0.2) is 26.2 Å². The minimum absolute atomic E-state index is 0.185. The molecule has 3 aromatic rings. The maximum Gasteiger partial charge on any atom is 0.293 e. The Morgan fingerprint density at radius 1 is 1.40 bits per heavy atom. The number of ether oxygens (including phenoxy) is 1. The minimum Gasteiger partial charge on any atom is -0.463 e. The fourth-order valence-corrected chi connectivity index (χ4v) is 1.95. The van der Waals surface area contributed by atoms with Crippen LogP contribution >= 0.6 is 0 Å². The SMILES string of the molecule is O=COCc1cccc(-n2ncc3c(=O)[nH]cnc32)c1. The summed E-state index contributed by atoms with van der Waals surface area (Å²) in [5.41, 5.74) is 1.80. The van der Waals surface area contributed by atoms with Crippen LogP contribution in [-0.2, 0) is 16.1 Å². The highest BCUT2D eigenvalue weighted by Crippen LogP contribution is 2.15. The number of aromatic nitrogens is 4. The van der Waals surface area contributed by atoms with Crippen LogP contribution in [0.1, 0.15) is 5.56 Å². The fraction of sp³-hybridized carbons (Fsp3) is 0.0769. The minimum atomic E-state index is -0.235. The maximum atomic E-state index is 11.6. The van der Waals surface area contributed by atoms with E-state index in [1.807, 2.05) is 24.3 Å². The molecule has 2 aromatic heterocycles. The second kappa shape index (κ2) is 4.96. The number of nitrogens with one attached hydrogen (secondary N) is 1. The molecule has 100 valence electrons. The van der Waals surface area contributed by atoms with Crippen LogP contribution in [0.5, 0.6) is 0 Å². The van der Waals surface area contributed by atoms with Crippen LogP contribution in [0.25, 0.3) is 16.7 Å². The molecule has 0 radical (unpaired) electrons. The summed E-state index contributed by atoms with van der Waals surface area (Å²) in [7, 11) is 0. The molecule has 0 saturated heterocycles. The van der Waals surface area contributed by atoms with Crippen molar-refractivity contribution in [2.45, 2.75) is 6.61 Å². The lowest BCUT2D eigenvalue weighted by Gasteiger charge is -2.05. The quantitative estimate of drug-likeness (QED) is 0.707. The molecule has 20 heavy (non-hydrogen) atoms. The molecule has 0 aliphatic carbocycles. The summed E-state index contributed by atoms with van der Waals surface area (Å²) < 4.78 is 6.28. The lowest BCUT2D eigenvalue weighted by molar-refractivity contribution is -0.129. The lowest BCUT2D eigenvalue weighted by Crippen LogP contribution is -2.06. The van der Waals surface area contributed by atoms with E-state index >= 15 is 0 Å². The largest absolute Gasteiger partial charge is 0.463 e. The highest BCUT2D eigenvalue weighted by Gasteiger charge is 2.09. The number of rotatable bonds is 4. The monoisotopic (exact) mass is 270 g/mol. The summed E-state index contributed by atoms with van der Waals surface area (Å²) in [5.74, 6) is 0. The van der Waals surface area contributed by atoms with Gasteiger partial charge in [-0.05, 0) is 17.7 Å². The van der Waals surface area contributed by atoms with Gasteiger partial charge in [-0.25, -0.2) is 9.67 Å². The van der Waals surface area contributed by atoms with Gasteiger partial charge in [-0.3, -0.25) is 9.59 Å². The molecule has 0 aliphatic rings. The van der Waals surface area contributed by atoms with E-state index in [0.29, 0.717) is 17.5 Å². The summed E-state index contributed by atoms with van der Waals surface area (Å²) in [6.45, 7) is 0.585. The zero-order chi connectivity index (χ0) is 13.9. The standard InChI is InChI=1S/C13H10N4O3/c18-8-20-6-9-2-1-3-10(4-9)17-12-11(5-16-17)13(19)15-7-14-12/h1-5,7-8H,6H2,(H,14,15,19). The van der Waals surface area contributed by atoms with Gasteiger partial charge in [-0.1, -0.05) is 12.1 Å². The average Bonchev–Trinajstić information content (AvgIpc) is 2.91. The van der Waals surface area contributed by atoms with Crippen LogP contribution < -0.4 is 5.56 Å². The number of carbonyl (C=O) groups excluding carboxylic acids is 1. The van der Waals surface area contributed by atoms with Gasteiger partial charge in [0, 0.05) is 0 Å². The molecule has 0 bridgehead atoms. The van der Waals surface area contributed by atoms with Crippen molar-refractivity contribution in [3.63, 3.8) is 0 Å². The van der Waals surface area contributed by atoms with E-state index in [0.717, 1.165) is 11.3 Å². The molecule has 0 spiro atoms. The van der Waals surface area contributed by atoms with Gasteiger partial charge >= 0.3 is 0 Å². The second-order valence-electron chi connectivity index (χ2n) is 4.10. The number of hydrogen-bond acceptors (Lipinski definition) is 5. The molecular formula is C13H10N4O3. The van der Waals surface area contributed by atoms with Crippen molar-refractivity contribution < 1.29 is 9.53 Å². The summed E-state index contributed by atoms with van der Waals surface area (Å²) in [6, 6.07) is 7.30. The first-order chi connectivity index (χ1) is 9.79. The van der Waals surface area contributed by atoms with Crippen molar-refractivity contribution in [1.29, 1.82) is 0 Å². The Morgan fingerprint density at radius 2 is 2.30 bits per heavy atom. The van der Waals surface area contributed by atoms with Crippen molar-refractivity contribution in [3.05, 3.63) is 52.7 Å². The van der Waals surface area contributed by atoms with E-state index in [9.17, 15) is 9.59 Å². The second-order valence-corrected chi connectivity index (χ2v) is 4.10. The predicted octanol–water partition coefficient (Wildman–Crippen LogP) is 0.782. The van der Waals surface area contributed by atoms with E-state index in [-0.39, 0.29) is 12.2 Å². The first kappa shape index (κ1) is 12.1. The van der Waals surface area contributed by atoms with Crippen LogP contribution in [0.2, 0.25) is 0 Å². The van der Waals surface area contributed by atoms with Crippen LogP contribution in [0, 0.1) is 0 Å². The third-order valence-corrected chi connectivity index (χ3v) is 2.84. The van der Waals surface area contributed by atoms with Crippen LogP contribution in [0.15, 0.2) is 41.6 Å². The van der Waals surface area contributed by atoms with Gasteiger partial charge in [0.25, 0.3) is 12.0 Å². The molecule has 0 saturated carbocycles. The number of fused-ring (bicyclic) bond motifs is 1. The van der Waals surface area contributed by atoms with E-state index in [2.05, 4.69) is 15.1 Å². The van der Waals surface area contributed by atoms with Crippen molar-refractivity contribution in [3.8, 4) is 5.69 Å². The van der Waals surface area contributed by atoms with E-state index < -0.39 is 0 Å². The summed E-state index contributed by atoms with van der Waals surface area (Å²) in [4.78, 5) is 28.5. The summed E-state index contributed by atoms with van der Waals surface area (Å²) >= 11 is 0. The normalized spacial score (nSPS) is 10.6. The number of carbonyl (C=O) groups is 1. The Hall–Kier alpha value is -2.96. The zero-order valence-corrected chi connectivity index (χ0v) is 10.3. The van der Waals surface area contributed by atoms with Crippen molar-refractivity contribution >= 4 is 17.5 Å². The van der Waals surface area contributed by atoms with Gasteiger partial charge in [0.2, 0.25) is 0 Å². The Labute approximate surface area is 112 Å². The molecule has 0 unspecified atom stereocenters. The molecular weight excluding hydrogens is 260 g/mol. The van der Waals surface area contributed by atoms with Gasteiger partial charge in [0.15, 0.2) is 5.65 Å². The van der Waals surface area contributed by atoms with Gasteiger partial charge in [0.05, 0.1) is 18.2 Å². The third-order valence-electron chi connectivity index (χ3n) is 2.84. The van der Waals surface area contributed by atoms with Gasteiger partial charge in [-0.2, -0.15) is 5.10 Å². The van der Waals surface area contributed by atoms with Gasteiger partial charge in [0.1, 0.15) is 12.0 Å². The summed E-state index contributed by atoms with van der Waals surface area (Å²) in [6.07, 6.45) is 2.80. The smallest absolute Gasteiger partial charge is 0.293 e. The molecule has 1 N–H and O–H groups in total. The van der Waals surface area contributed by atoms with E-state index in [4.69, 9.17) is 4.74 Å². The van der Waals surface area contributed by atoms with Crippen molar-refractivity contribution in [1.82, 2.24) is 19.7 Å². The molecule has 7 nitrogen and oxygen atoms in total. The molecule has 0 amide bonds. The molecule has 7 heteroatoms.